The summed E-state index contributed by atoms with van der Waals surface area (Å²) in [5, 5.41) is 12.8. The molecule has 0 radical (unpaired) electrons. The number of aryl methyl sites for hydroxylation is 1. The molecular weight excluding hydrogens is 701 g/mol. The van der Waals surface area contributed by atoms with Gasteiger partial charge in [0.05, 0.1) is 23.9 Å². The van der Waals surface area contributed by atoms with Crippen molar-refractivity contribution in [2.45, 2.75) is 83.2 Å². The second kappa shape index (κ2) is 16.7. The first-order chi connectivity index (χ1) is 26.7. The smallest absolute Gasteiger partial charge is 0.266 e. The predicted octanol–water partition coefficient (Wildman–Crippen LogP) is 4.78. The zero-order valence-corrected chi connectivity index (χ0v) is 31.4. The highest BCUT2D eigenvalue weighted by Gasteiger charge is 2.46. The molecule has 1 aliphatic carbocycles. The van der Waals surface area contributed by atoms with E-state index in [1.807, 2.05) is 41.0 Å². The van der Waals surface area contributed by atoms with Crippen molar-refractivity contribution in [2.75, 3.05) is 37.0 Å². The minimum Gasteiger partial charge on any atom is -0.492 e. The average Bonchev–Trinajstić information content (AvgIpc) is 3.95. The summed E-state index contributed by atoms with van der Waals surface area (Å²) in [6.07, 6.45) is 11.2. The van der Waals surface area contributed by atoms with Gasteiger partial charge in [0.1, 0.15) is 17.6 Å². The van der Waals surface area contributed by atoms with Gasteiger partial charge in [-0.2, -0.15) is 9.61 Å². The molecule has 14 nitrogen and oxygen atoms in total. The fourth-order valence-corrected chi connectivity index (χ4v) is 7.87. The molecule has 2 aromatic carbocycles. The molecule has 0 spiro atoms. The SMILES string of the molecule is CCCc1cc(NC2CCCC2)n2nccc2n1.CNC(=O)c1ccc(N2CCC(COc3cccc4c3C(=O)N(C3CCC(=O)NC3=O)C4=O)CC2)cc1. The largest absolute Gasteiger partial charge is 0.492 e. The lowest BCUT2D eigenvalue weighted by Crippen LogP contribution is -2.54. The van der Waals surface area contributed by atoms with Crippen LogP contribution in [0.4, 0.5) is 11.5 Å². The van der Waals surface area contributed by atoms with Gasteiger partial charge in [0.25, 0.3) is 17.7 Å². The van der Waals surface area contributed by atoms with Gasteiger partial charge < -0.3 is 20.3 Å². The molecule has 4 aromatic rings. The number of ether oxygens (including phenoxy) is 1. The number of aromatic nitrogens is 3. The summed E-state index contributed by atoms with van der Waals surface area (Å²) in [5.41, 5.74) is 4.17. The van der Waals surface area contributed by atoms with E-state index in [0.717, 1.165) is 66.5 Å². The fraction of sp³-hybridized carbons (Fsp3) is 0.439. The summed E-state index contributed by atoms with van der Waals surface area (Å²) in [7, 11) is 1.61. The Bertz CT molecular complexity index is 2070. The molecule has 8 rings (SSSR count). The van der Waals surface area contributed by atoms with E-state index in [1.54, 1.807) is 25.2 Å². The van der Waals surface area contributed by atoms with Crippen LogP contribution in [-0.4, -0.2) is 87.9 Å². The molecule has 3 aliphatic heterocycles. The summed E-state index contributed by atoms with van der Waals surface area (Å²) in [6.45, 7) is 4.26. The number of carbonyl (C=O) groups is 5. The maximum Gasteiger partial charge on any atom is 0.266 e. The van der Waals surface area contributed by atoms with E-state index in [0.29, 0.717) is 24.0 Å². The topological polar surface area (TPSA) is 167 Å². The first-order valence-electron chi connectivity index (χ1n) is 19.4. The number of hydrogen-bond donors (Lipinski definition) is 3. The standard InChI is InChI=1S/C27H28N4O6.C14H20N4/c1-28-24(33)17-5-7-18(8-6-17)30-13-11-16(12-14-30)15-37-21-4-2-3-19-23(21)27(36)31(26(19)35)20-9-10-22(32)29-25(20)34;1-2-5-12-10-14(16-11-6-3-4-7-11)18-13(17-12)8-9-15-18/h2-8,16,20H,9-15H2,1H3,(H,28,33)(H,29,32,34);8-11,16H,2-7H2,1H3. The predicted molar refractivity (Wildman–Crippen MR) is 206 cm³/mol. The summed E-state index contributed by atoms with van der Waals surface area (Å²) >= 11 is 0. The molecule has 5 amide bonds. The zero-order valence-electron chi connectivity index (χ0n) is 31.4. The Morgan fingerprint density at radius 3 is 2.42 bits per heavy atom. The van der Waals surface area contributed by atoms with Crippen LogP contribution in [0.2, 0.25) is 0 Å². The molecule has 55 heavy (non-hydrogen) atoms. The third-order valence-corrected chi connectivity index (χ3v) is 10.9. The number of amides is 5. The van der Waals surface area contributed by atoms with Crippen LogP contribution in [0.3, 0.4) is 0 Å². The highest BCUT2D eigenvalue weighted by molar-refractivity contribution is 6.24. The minimum absolute atomic E-state index is 0.0735. The van der Waals surface area contributed by atoms with Crippen LogP contribution in [0.25, 0.3) is 5.65 Å². The van der Waals surface area contributed by atoms with Crippen LogP contribution in [0.5, 0.6) is 5.75 Å². The third-order valence-electron chi connectivity index (χ3n) is 10.9. The summed E-state index contributed by atoms with van der Waals surface area (Å²) in [6, 6.07) is 16.1. The van der Waals surface area contributed by atoms with Crippen LogP contribution < -0.4 is 25.6 Å². The van der Waals surface area contributed by atoms with Crippen LogP contribution in [-0.2, 0) is 16.0 Å². The Morgan fingerprint density at radius 2 is 1.71 bits per heavy atom. The van der Waals surface area contributed by atoms with E-state index in [1.165, 1.54) is 25.7 Å². The van der Waals surface area contributed by atoms with Gasteiger partial charge in [0.15, 0.2) is 5.65 Å². The first-order valence-corrected chi connectivity index (χ1v) is 19.4. The monoisotopic (exact) mass is 748 g/mol. The van der Waals surface area contributed by atoms with Gasteiger partial charge in [-0.05, 0) is 80.8 Å². The normalized spacial score (nSPS) is 18.9. The molecule has 3 fully saturated rings. The van der Waals surface area contributed by atoms with Crippen molar-refractivity contribution < 1.29 is 28.7 Å². The van der Waals surface area contributed by atoms with Crippen LogP contribution in [0, 0.1) is 5.92 Å². The lowest BCUT2D eigenvalue weighted by molar-refractivity contribution is -0.136. The highest BCUT2D eigenvalue weighted by atomic mass is 16.5. The average molecular weight is 749 g/mol. The number of anilines is 2. The number of nitrogens with one attached hydrogen (secondary N) is 3. The molecule has 288 valence electrons. The van der Waals surface area contributed by atoms with E-state index in [-0.39, 0.29) is 35.8 Å². The van der Waals surface area contributed by atoms with Gasteiger partial charge in [-0.15, -0.1) is 0 Å². The van der Waals surface area contributed by atoms with Crippen molar-refractivity contribution >= 4 is 46.7 Å². The number of carbonyl (C=O) groups excluding carboxylic acids is 5. The van der Waals surface area contributed by atoms with E-state index < -0.39 is 29.7 Å². The lowest BCUT2D eigenvalue weighted by atomic mass is 9.97. The lowest BCUT2D eigenvalue weighted by Gasteiger charge is -2.33. The molecule has 1 saturated carbocycles. The van der Waals surface area contributed by atoms with Crippen molar-refractivity contribution in [3.8, 4) is 5.75 Å². The fourth-order valence-electron chi connectivity index (χ4n) is 7.87. The molecule has 3 N–H and O–H groups in total. The maximum atomic E-state index is 13.2. The summed E-state index contributed by atoms with van der Waals surface area (Å²) in [4.78, 5) is 69.6. The van der Waals surface area contributed by atoms with Gasteiger partial charge >= 0.3 is 0 Å². The number of rotatable bonds is 10. The van der Waals surface area contributed by atoms with Crippen molar-refractivity contribution in [3.05, 3.63) is 83.2 Å². The summed E-state index contributed by atoms with van der Waals surface area (Å²) in [5.74, 6) is -0.572. The van der Waals surface area contributed by atoms with Crippen molar-refractivity contribution in [3.63, 3.8) is 0 Å². The molecule has 5 heterocycles. The second-order valence-corrected chi connectivity index (χ2v) is 14.6. The maximum absolute atomic E-state index is 13.2. The molecule has 2 aromatic heterocycles. The number of imide groups is 2. The van der Waals surface area contributed by atoms with Gasteiger partial charge in [-0.3, -0.25) is 34.2 Å². The number of nitrogens with zero attached hydrogens (tertiary/aromatic N) is 5. The van der Waals surface area contributed by atoms with Crippen molar-refractivity contribution in [1.82, 2.24) is 30.1 Å². The van der Waals surface area contributed by atoms with E-state index in [9.17, 15) is 24.0 Å². The van der Waals surface area contributed by atoms with Crippen molar-refractivity contribution in [1.29, 1.82) is 0 Å². The first kappa shape index (κ1) is 37.5. The molecular formula is C41H48N8O6. The molecule has 4 aliphatic rings. The van der Waals surface area contributed by atoms with E-state index in [4.69, 9.17) is 4.74 Å². The summed E-state index contributed by atoms with van der Waals surface area (Å²) < 4.78 is 7.98. The minimum atomic E-state index is -1.01. The number of hydrogen-bond acceptors (Lipinski definition) is 10. The molecule has 1 unspecified atom stereocenters. The zero-order chi connectivity index (χ0) is 38.5. The van der Waals surface area contributed by atoms with Gasteiger partial charge in [-0.1, -0.05) is 32.3 Å². The number of fused-ring (bicyclic) bond motifs is 2. The second-order valence-electron chi connectivity index (χ2n) is 14.6. The van der Waals surface area contributed by atoms with Crippen molar-refractivity contribution in [2.24, 2.45) is 5.92 Å². The van der Waals surface area contributed by atoms with E-state index in [2.05, 4.69) is 43.9 Å². The Morgan fingerprint density at radius 1 is 0.945 bits per heavy atom. The molecule has 2 saturated heterocycles. The number of benzene rings is 2. The Kier molecular flexibility index (Phi) is 11.4. The Labute approximate surface area is 320 Å². The Balaban J connectivity index is 0.000000215. The van der Waals surface area contributed by atoms with Crippen LogP contribution in [0.1, 0.15) is 101 Å². The van der Waals surface area contributed by atoms with E-state index >= 15 is 0 Å². The molecule has 14 heteroatoms. The Hall–Kier alpha value is -5.79. The van der Waals surface area contributed by atoms with Crippen LogP contribution >= 0.6 is 0 Å². The van der Waals surface area contributed by atoms with Crippen LogP contribution in [0.15, 0.2) is 60.8 Å². The molecule has 0 bridgehead atoms. The quantitative estimate of drug-likeness (QED) is 0.192. The molecule has 1 atom stereocenters. The number of piperidine rings is 2. The van der Waals surface area contributed by atoms with Gasteiger partial charge in [0.2, 0.25) is 11.8 Å². The third kappa shape index (κ3) is 8.18. The van der Waals surface area contributed by atoms with Gasteiger partial charge in [0, 0.05) is 61.7 Å². The highest BCUT2D eigenvalue weighted by Crippen LogP contribution is 2.34. The van der Waals surface area contributed by atoms with Gasteiger partial charge in [-0.25, -0.2) is 4.98 Å².